The number of fused-ring (bicyclic) bond motifs is 1. The molecule has 0 radical (unpaired) electrons. The number of aryl methyl sites for hydroxylation is 1. The van der Waals surface area contributed by atoms with Crippen molar-refractivity contribution in [3.8, 4) is 11.5 Å². The van der Waals surface area contributed by atoms with E-state index in [1.54, 1.807) is 20.3 Å². The first-order valence-corrected chi connectivity index (χ1v) is 8.00. The van der Waals surface area contributed by atoms with Crippen LogP contribution in [0, 0.1) is 0 Å². The van der Waals surface area contributed by atoms with E-state index in [0.717, 1.165) is 28.5 Å². The number of methoxy groups -OCH3 is 2. The molecule has 0 unspecified atom stereocenters. The van der Waals surface area contributed by atoms with Crippen molar-refractivity contribution in [2.24, 2.45) is 0 Å². The van der Waals surface area contributed by atoms with Gasteiger partial charge in [0.1, 0.15) is 0 Å². The minimum atomic E-state index is -0.00424. The lowest BCUT2D eigenvalue weighted by atomic mass is 10.1. The average Bonchev–Trinajstić information content (AvgIpc) is 2.62. The van der Waals surface area contributed by atoms with E-state index >= 15 is 0 Å². The van der Waals surface area contributed by atoms with Gasteiger partial charge in [0.25, 0.3) is 5.56 Å². The molecule has 0 bridgehead atoms. The van der Waals surface area contributed by atoms with Crippen LogP contribution in [0.1, 0.15) is 18.2 Å². The Bertz CT molecular complexity index is 914. The highest BCUT2D eigenvalue weighted by Gasteiger charge is 2.13. The van der Waals surface area contributed by atoms with Gasteiger partial charge in [-0.3, -0.25) is 4.79 Å². The third-order valence-corrected chi connectivity index (χ3v) is 4.26. The summed E-state index contributed by atoms with van der Waals surface area (Å²) in [7, 11) is 3.22. The van der Waals surface area contributed by atoms with Crippen LogP contribution in [0.2, 0.25) is 0 Å². The zero-order chi connectivity index (χ0) is 17.1. The number of rotatable bonds is 5. The molecule has 4 nitrogen and oxygen atoms in total. The summed E-state index contributed by atoms with van der Waals surface area (Å²) >= 11 is 0. The zero-order valence-electron chi connectivity index (χ0n) is 14.2. The van der Waals surface area contributed by atoms with E-state index in [4.69, 9.17) is 9.47 Å². The summed E-state index contributed by atoms with van der Waals surface area (Å²) in [6.45, 7) is 2.62. The van der Waals surface area contributed by atoms with Gasteiger partial charge in [-0.05, 0) is 29.5 Å². The number of aromatic nitrogens is 1. The Hall–Kier alpha value is -2.75. The Labute approximate surface area is 141 Å². The molecule has 3 aromatic rings. The molecule has 0 aliphatic heterocycles. The van der Waals surface area contributed by atoms with Gasteiger partial charge >= 0.3 is 0 Å². The first-order chi connectivity index (χ1) is 11.7. The van der Waals surface area contributed by atoms with Crippen molar-refractivity contribution < 1.29 is 9.47 Å². The van der Waals surface area contributed by atoms with E-state index in [0.29, 0.717) is 18.0 Å². The van der Waals surface area contributed by atoms with Crippen molar-refractivity contribution >= 4 is 10.8 Å². The molecule has 0 saturated carbocycles. The molecule has 2 aromatic carbocycles. The fourth-order valence-electron chi connectivity index (χ4n) is 3.07. The third kappa shape index (κ3) is 2.87. The van der Waals surface area contributed by atoms with Crippen molar-refractivity contribution in [3.63, 3.8) is 0 Å². The summed E-state index contributed by atoms with van der Waals surface area (Å²) in [5, 5.41) is 1.89. The van der Waals surface area contributed by atoms with Gasteiger partial charge in [-0.2, -0.15) is 0 Å². The maximum absolute atomic E-state index is 12.7. The second kappa shape index (κ2) is 6.79. The molecule has 0 saturated heterocycles. The summed E-state index contributed by atoms with van der Waals surface area (Å²) in [6.07, 6.45) is 0.759. The molecular formula is C20H21NO3. The van der Waals surface area contributed by atoms with E-state index in [-0.39, 0.29) is 5.56 Å². The van der Waals surface area contributed by atoms with E-state index < -0.39 is 0 Å². The lowest BCUT2D eigenvalue weighted by molar-refractivity contribution is 0.356. The molecule has 1 heterocycles. The second-order valence-electron chi connectivity index (χ2n) is 5.65. The van der Waals surface area contributed by atoms with Crippen LogP contribution in [0.4, 0.5) is 0 Å². The summed E-state index contributed by atoms with van der Waals surface area (Å²) in [5.74, 6) is 1.30. The maximum Gasteiger partial charge on any atom is 0.251 e. The van der Waals surface area contributed by atoms with Gasteiger partial charge in [0.05, 0.1) is 20.8 Å². The fourth-order valence-corrected chi connectivity index (χ4v) is 3.07. The van der Waals surface area contributed by atoms with Gasteiger partial charge in [0.2, 0.25) is 0 Å². The van der Waals surface area contributed by atoms with Gasteiger partial charge in [0, 0.05) is 17.1 Å². The minimum Gasteiger partial charge on any atom is -0.493 e. The molecule has 0 fully saturated rings. The highest BCUT2D eigenvalue weighted by Crippen LogP contribution is 2.33. The molecule has 0 N–H and O–H groups in total. The van der Waals surface area contributed by atoms with E-state index in [1.165, 1.54) is 0 Å². The van der Waals surface area contributed by atoms with Crippen LogP contribution in [-0.2, 0) is 13.0 Å². The van der Waals surface area contributed by atoms with E-state index in [1.807, 2.05) is 47.0 Å². The Morgan fingerprint density at radius 2 is 1.62 bits per heavy atom. The molecule has 0 atom stereocenters. The second-order valence-corrected chi connectivity index (χ2v) is 5.65. The lowest BCUT2D eigenvalue weighted by Gasteiger charge is -2.16. The number of hydrogen-bond acceptors (Lipinski definition) is 3. The average molecular weight is 323 g/mol. The van der Waals surface area contributed by atoms with Gasteiger partial charge in [-0.15, -0.1) is 0 Å². The molecule has 4 heteroatoms. The number of hydrogen-bond donors (Lipinski definition) is 0. The number of pyridine rings is 1. The van der Waals surface area contributed by atoms with Crippen LogP contribution in [-0.4, -0.2) is 18.8 Å². The smallest absolute Gasteiger partial charge is 0.251 e. The van der Waals surface area contributed by atoms with Crippen molar-refractivity contribution in [2.75, 3.05) is 14.2 Å². The fraction of sp³-hybridized carbons (Fsp3) is 0.250. The van der Waals surface area contributed by atoms with Gasteiger partial charge < -0.3 is 14.0 Å². The standard InChI is InChI=1S/C20H21NO3/c1-4-17-16-12-19(24-3)18(23-2)10-15(16)11-20(22)21(17)13-14-8-6-5-7-9-14/h5-12H,4,13H2,1-3H3. The Kier molecular flexibility index (Phi) is 4.56. The van der Waals surface area contributed by atoms with E-state index in [2.05, 4.69) is 6.92 Å². The quantitative estimate of drug-likeness (QED) is 0.720. The first kappa shape index (κ1) is 16.1. The lowest BCUT2D eigenvalue weighted by Crippen LogP contribution is -2.23. The molecule has 1 aromatic heterocycles. The van der Waals surface area contributed by atoms with Crippen LogP contribution in [0.3, 0.4) is 0 Å². The van der Waals surface area contributed by atoms with Gasteiger partial charge in [-0.25, -0.2) is 0 Å². The largest absolute Gasteiger partial charge is 0.493 e. The summed E-state index contributed by atoms with van der Waals surface area (Å²) in [6, 6.07) is 15.5. The van der Waals surface area contributed by atoms with Crippen LogP contribution < -0.4 is 15.0 Å². The number of nitrogens with zero attached hydrogens (tertiary/aromatic N) is 1. The van der Waals surface area contributed by atoms with E-state index in [9.17, 15) is 4.79 Å². The van der Waals surface area contributed by atoms with Gasteiger partial charge in [0.15, 0.2) is 11.5 Å². The molecule has 3 rings (SSSR count). The highest BCUT2D eigenvalue weighted by molar-refractivity contribution is 5.88. The molecular weight excluding hydrogens is 302 g/mol. The van der Waals surface area contributed by atoms with Crippen molar-refractivity contribution in [3.05, 3.63) is 70.1 Å². The normalized spacial score (nSPS) is 10.8. The predicted molar refractivity (Wildman–Crippen MR) is 96.2 cm³/mol. The van der Waals surface area contributed by atoms with Crippen LogP contribution in [0.25, 0.3) is 10.8 Å². The highest BCUT2D eigenvalue weighted by atomic mass is 16.5. The van der Waals surface area contributed by atoms with Crippen molar-refractivity contribution in [2.45, 2.75) is 19.9 Å². The minimum absolute atomic E-state index is 0.00424. The Morgan fingerprint density at radius 1 is 0.958 bits per heavy atom. The third-order valence-electron chi connectivity index (χ3n) is 4.26. The molecule has 0 aliphatic rings. The van der Waals surface area contributed by atoms with Crippen molar-refractivity contribution in [1.29, 1.82) is 0 Å². The Morgan fingerprint density at radius 3 is 2.25 bits per heavy atom. The zero-order valence-corrected chi connectivity index (χ0v) is 14.2. The molecule has 0 aliphatic carbocycles. The summed E-state index contributed by atoms with van der Waals surface area (Å²) in [4.78, 5) is 12.7. The number of benzene rings is 2. The maximum atomic E-state index is 12.7. The number of ether oxygens (including phenoxy) is 2. The Balaban J connectivity index is 2.23. The molecule has 0 spiro atoms. The first-order valence-electron chi connectivity index (χ1n) is 8.00. The summed E-state index contributed by atoms with van der Waals surface area (Å²) < 4.78 is 12.6. The topological polar surface area (TPSA) is 40.5 Å². The van der Waals surface area contributed by atoms with Crippen LogP contribution in [0.15, 0.2) is 53.3 Å². The predicted octanol–water partition coefficient (Wildman–Crippen LogP) is 3.63. The summed E-state index contributed by atoms with van der Waals surface area (Å²) in [5.41, 5.74) is 2.10. The van der Waals surface area contributed by atoms with Crippen molar-refractivity contribution in [1.82, 2.24) is 4.57 Å². The SMILES string of the molecule is CCc1c2cc(OC)c(OC)cc2cc(=O)n1Cc1ccccc1. The van der Waals surface area contributed by atoms with Gasteiger partial charge in [-0.1, -0.05) is 37.3 Å². The van der Waals surface area contributed by atoms with Crippen LogP contribution in [0.5, 0.6) is 11.5 Å². The monoisotopic (exact) mass is 323 g/mol. The molecule has 0 amide bonds. The molecule has 24 heavy (non-hydrogen) atoms. The van der Waals surface area contributed by atoms with Crippen LogP contribution >= 0.6 is 0 Å². The molecule has 124 valence electrons.